The normalized spacial score (nSPS) is 11.0. The van der Waals surface area contributed by atoms with Crippen molar-refractivity contribution in [3.8, 4) is 22.4 Å². The number of aromatic amines is 1. The topological polar surface area (TPSA) is 76.2 Å². The van der Waals surface area contributed by atoms with Gasteiger partial charge in [0.2, 0.25) is 5.78 Å². The van der Waals surface area contributed by atoms with E-state index in [0.717, 1.165) is 26.0 Å². The average molecular weight is 474 g/mol. The minimum Gasteiger partial charge on any atom is -0.323 e. The number of nitrogens with zero attached hydrogens (tertiary/aromatic N) is 3. The van der Waals surface area contributed by atoms with E-state index in [0.29, 0.717) is 10.4 Å². The molecule has 4 rings (SSSR count). The van der Waals surface area contributed by atoms with Gasteiger partial charge >= 0.3 is 0 Å². The molecule has 0 radical (unpaired) electrons. The molecule has 0 atom stereocenters. The average Bonchev–Trinajstić information content (AvgIpc) is 3.08. The van der Waals surface area contributed by atoms with E-state index in [2.05, 4.69) is 32.6 Å². The van der Waals surface area contributed by atoms with Gasteiger partial charge < -0.3 is 4.98 Å². The molecule has 2 heterocycles. The number of halogens is 1. The summed E-state index contributed by atoms with van der Waals surface area (Å²) < 4.78 is 3.58. The lowest BCUT2D eigenvalue weighted by atomic mass is 10.1. The van der Waals surface area contributed by atoms with Gasteiger partial charge in [0.15, 0.2) is 0 Å². The Morgan fingerprint density at radius 2 is 1.85 bits per heavy atom. The SMILES string of the molecule is O=[N+]([O-])c1ccc(-c2cn3c(=S)c(-c4ccccc4I)cnc3[nH]2)cc1. The number of hydrogen-bond acceptors (Lipinski definition) is 4. The van der Waals surface area contributed by atoms with Gasteiger partial charge in [-0.2, -0.15) is 0 Å². The lowest BCUT2D eigenvalue weighted by Crippen LogP contribution is -1.93. The highest BCUT2D eigenvalue weighted by atomic mass is 127. The lowest BCUT2D eigenvalue weighted by molar-refractivity contribution is -0.384. The number of nitrogens with one attached hydrogen (secondary N) is 1. The Bertz CT molecular complexity index is 1200. The second-order valence-corrected chi connectivity index (χ2v) is 7.17. The van der Waals surface area contributed by atoms with Crippen LogP contribution >= 0.6 is 34.8 Å². The summed E-state index contributed by atoms with van der Waals surface area (Å²) >= 11 is 7.94. The Labute approximate surface area is 166 Å². The number of rotatable bonds is 3. The van der Waals surface area contributed by atoms with E-state index in [1.807, 2.05) is 34.9 Å². The van der Waals surface area contributed by atoms with Crippen LogP contribution in [0.25, 0.3) is 28.2 Å². The molecule has 0 aliphatic rings. The molecule has 2 aromatic carbocycles. The molecule has 1 N–H and O–H groups in total. The molecule has 0 aliphatic heterocycles. The predicted octanol–water partition coefficient (Wildman–Crippen LogP) is 5.24. The van der Waals surface area contributed by atoms with E-state index in [1.165, 1.54) is 12.1 Å². The standard InChI is InChI=1S/C18H11IN4O2S/c19-15-4-2-1-3-13(15)14-9-20-18-21-16(10-22(18)17(14)26)11-5-7-12(8-6-11)23(24)25/h1-10H,(H,20,21). The summed E-state index contributed by atoms with van der Waals surface area (Å²) in [7, 11) is 0. The molecule has 0 bridgehead atoms. The van der Waals surface area contributed by atoms with Gasteiger partial charge in [-0.25, -0.2) is 4.98 Å². The fourth-order valence-corrected chi connectivity index (χ4v) is 3.72. The van der Waals surface area contributed by atoms with Gasteiger partial charge in [-0.1, -0.05) is 30.4 Å². The van der Waals surface area contributed by atoms with Crippen LogP contribution in [-0.2, 0) is 0 Å². The van der Waals surface area contributed by atoms with Gasteiger partial charge in [0.1, 0.15) is 4.64 Å². The number of aromatic nitrogens is 3. The van der Waals surface area contributed by atoms with Crippen molar-refractivity contribution in [1.82, 2.24) is 14.4 Å². The number of nitro benzene ring substituents is 1. The molecule has 2 aromatic heterocycles. The molecule has 26 heavy (non-hydrogen) atoms. The minimum absolute atomic E-state index is 0.0561. The van der Waals surface area contributed by atoms with Crippen molar-refractivity contribution in [3.63, 3.8) is 0 Å². The van der Waals surface area contributed by atoms with Crippen molar-refractivity contribution in [1.29, 1.82) is 0 Å². The Kier molecular flexibility index (Phi) is 4.29. The van der Waals surface area contributed by atoms with Crippen LogP contribution in [0.1, 0.15) is 0 Å². The van der Waals surface area contributed by atoms with Crippen LogP contribution in [0.5, 0.6) is 0 Å². The summed E-state index contributed by atoms with van der Waals surface area (Å²) in [5.41, 5.74) is 3.60. The molecular weight excluding hydrogens is 463 g/mol. The fourth-order valence-electron chi connectivity index (χ4n) is 2.74. The summed E-state index contributed by atoms with van der Waals surface area (Å²) in [6.07, 6.45) is 3.64. The highest BCUT2D eigenvalue weighted by Gasteiger charge is 2.11. The third kappa shape index (κ3) is 2.90. The molecular formula is C18H11IN4O2S. The Morgan fingerprint density at radius 3 is 2.54 bits per heavy atom. The molecule has 0 saturated heterocycles. The van der Waals surface area contributed by atoms with Crippen molar-refractivity contribution in [3.05, 3.63) is 79.2 Å². The van der Waals surface area contributed by atoms with Gasteiger partial charge in [0.05, 0.1) is 10.6 Å². The maximum atomic E-state index is 10.8. The summed E-state index contributed by atoms with van der Waals surface area (Å²) in [5.74, 6) is 0.623. The van der Waals surface area contributed by atoms with Crippen molar-refractivity contribution in [2.24, 2.45) is 0 Å². The molecule has 8 heteroatoms. The molecule has 0 saturated carbocycles. The number of hydrogen-bond donors (Lipinski definition) is 1. The van der Waals surface area contributed by atoms with Crippen LogP contribution in [-0.4, -0.2) is 19.3 Å². The van der Waals surface area contributed by atoms with Gasteiger partial charge in [-0.05, 0) is 46.4 Å². The van der Waals surface area contributed by atoms with E-state index in [4.69, 9.17) is 12.2 Å². The number of nitro groups is 1. The molecule has 0 spiro atoms. The Hall–Kier alpha value is -2.59. The van der Waals surface area contributed by atoms with Crippen LogP contribution < -0.4 is 0 Å². The first-order valence-corrected chi connectivity index (χ1v) is 9.13. The van der Waals surface area contributed by atoms with Crippen molar-refractivity contribution < 1.29 is 4.92 Å². The highest BCUT2D eigenvalue weighted by Crippen LogP contribution is 2.27. The van der Waals surface area contributed by atoms with E-state index >= 15 is 0 Å². The molecule has 0 aliphatic carbocycles. The predicted molar refractivity (Wildman–Crippen MR) is 111 cm³/mol. The maximum Gasteiger partial charge on any atom is 0.269 e. The third-order valence-electron chi connectivity index (χ3n) is 4.05. The fraction of sp³-hybridized carbons (Fsp3) is 0. The summed E-state index contributed by atoms with van der Waals surface area (Å²) in [5, 5.41) is 10.8. The Morgan fingerprint density at radius 1 is 1.12 bits per heavy atom. The second kappa shape index (κ2) is 6.61. The molecule has 0 fully saturated rings. The number of H-pyrrole nitrogens is 1. The summed E-state index contributed by atoms with van der Waals surface area (Å²) in [6.45, 7) is 0. The van der Waals surface area contributed by atoms with E-state index in [9.17, 15) is 10.1 Å². The largest absolute Gasteiger partial charge is 0.323 e. The number of fused-ring (bicyclic) bond motifs is 1. The van der Waals surface area contributed by atoms with Gasteiger partial charge in [-0.15, -0.1) is 0 Å². The van der Waals surface area contributed by atoms with Crippen molar-refractivity contribution in [2.75, 3.05) is 0 Å². The first-order chi connectivity index (χ1) is 12.5. The number of non-ortho nitro benzene ring substituents is 1. The number of benzene rings is 2. The van der Waals surface area contributed by atoms with Crippen molar-refractivity contribution >= 4 is 46.3 Å². The molecule has 6 nitrogen and oxygen atoms in total. The molecule has 0 unspecified atom stereocenters. The van der Waals surface area contributed by atoms with E-state index in [-0.39, 0.29) is 5.69 Å². The molecule has 0 amide bonds. The van der Waals surface area contributed by atoms with Crippen molar-refractivity contribution in [2.45, 2.75) is 0 Å². The van der Waals surface area contributed by atoms with Gasteiger partial charge in [0, 0.05) is 39.2 Å². The van der Waals surface area contributed by atoms with Crippen LogP contribution in [0.3, 0.4) is 0 Å². The summed E-state index contributed by atoms with van der Waals surface area (Å²) in [6, 6.07) is 14.4. The summed E-state index contributed by atoms with van der Waals surface area (Å²) in [4.78, 5) is 18.1. The Balaban J connectivity index is 1.83. The highest BCUT2D eigenvalue weighted by molar-refractivity contribution is 14.1. The zero-order valence-electron chi connectivity index (χ0n) is 13.2. The first kappa shape index (κ1) is 16.9. The molecule has 128 valence electrons. The van der Waals surface area contributed by atoms with E-state index < -0.39 is 4.92 Å². The quantitative estimate of drug-likeness (QED) is 0.191. The van der Waals surface area contributed by atoms with Crippen LogP contribution in [0, 0.1) is 18.3 Å². The smallest absolute Gasteiger partial charge is 0.269 e. The third-order valence-corrected chi connectivity index (χ3v) is 5.41. The van der Waals surface area contributed by atoms with Crippen LogP contribution in [0.4, 0.5) is 5.69 Å². The first-order valence-electron chi connectivity index (χ1n) is 7.65. The monoisotopic (exact) mass is 474 g/mol. The zero-order chi connectivity index (χ0) is 18.3. The minimum atomic E-state index is -0.416. The molecule has 4 aromatic rings. The van der Waals surface area contributed by atoms with Gasteiger partial charge in [-0.3, -0.25) is 14.5 Å². The van der Waals surface area contributed by atoms with E-state index in [1.54, 1.807) is 18.3 Å². The van der Waals surface area contributed by atoms with Crippen LogP contribution in [0.15, 0.2) is 60.9 Å². The maximum absolute atomic E-state index is 10.8. The van der Waals surface area contributed by atoms with Crippen LogP contribution in [0.2, 0.25) is 0 Å². The zero-order valence-corrected chi connectivity index (χ0v) is 16.2. The second-order valence-electron chi connectivity index (χ2n) is 5.62. The van der Waals surface area contributed by atoms with Gasteiger partial charge in [0.25, 0.3) is 5.69 Å². The lowest BCUT2D eigenvalue weighted by Gasteiger charge is -2.05. The number of imidazole rings is 1.